The van der Waals surface area contributed by atoms with Gasteiger partial charge < -0.3 is 15.0 Å². The number of amides is 2. The number of ether oxygens (including phenoxy) is 1. The molecule has 8 heteroatoms. The maximum Gasteiger partial charge on any atom is 0.411 e. The molecule has 0 saturated heterocycles. The van der Waals surface area contributed by atoms with Gasteiger partial charge in [-0.25, -0.2) is 4.79 Å². The molecule has 0 aromatic carbocycles. The highest BCUT2D eigenvalue weighted by Gasteiger charge is 2.45. The van der Waals surface area contributed by atoms with Crippen molar-refractivity contribution in [2.24, 2.45) is 11.8 Å². The molecular formula is C21H35N5O3. The Bertz CT molecular complexity index is 741. The first-order valence-corrected chi connectivity index (χ1v) is 10.6. The Labute approximate surface area is 173 Å². The van der Waals surface area contributed by atoms with Crippen LogP contribution < -0.4 is 5.32 Å². The van der Waals surface area contributed by atoms with Crippen LogP contribution in [0.3, 0.4) is 0 Å². The smallest absolute Gasteiger partial charge is 0.411 e. The Morgan fingerprint density at radius 2 is 2.03 bits per heavy atom. The molecule has 29 heavy (non-hydrogen) atoms. The molecule has 2 amide bonds. The van der Waals surface area contributed by atoms with Gasteiger partial charge in [0.2, 0.25) is 5.91 Å². The van der Waals surface area contributed by atoms with Crippen LogP contribution in [0.2, 0.25) is 0 Å². The van der Waals surface area contributed by atoms with Crippen molar-refractivity contribution >= 4 is 17.8 Å². The molecular weight excluding hydrogens is 370 g/mol. The molecule has 0 bridgehead atoms. The monoisotopic (exact) mass is 405 g/mol. The van der Waals surface area contributed by atoms with Crippen molar-refractivity contribution in [1.82, 2.24) is 20.0 Å². The highest BCUT2D eigenvalue weighted by molar-refractivity contribution is 5.93. The fourth-order valence-electron chi connectivity index (χ4n) is 4.10. The Morgan fingerprint density at radius 3 is 2.59 bits per heavy atom. The lowest BCUT2D eigenvalue weighted by Gasteiger charge is -2.33. The van der Waals surface area contributed by atoms with Crippen LogP contribution in [0, 0.1) is 11.8 Å². The molecule has 1 aromatic rings. The lowest BCUT2D eigenvalue weighted by atomic mass is 9.85. The molecule has 162 valence electrons. The molecule has 0 radical (unpaired) electrons. The first-order valence-electron chi connectivity index (χ1n) is 10.6. The fraction of sp³-hybridized carbons (Fsp3) is 0.762. The summed E-state index contributed by atoms with van der Waals surface area (Å²) >= 11 is 0. The van der Waals surface area contributed by atoms with E-state index in [1.165, 1.54) is 0 Å². The van der Waals surface area contributed by atoms with E-state index in [9.17, 15) is 9.59 Å². The third-order valence-electron chi connectivity index (χ3n) is 5.98. The quantitative estimate of drug-likeness (QED) is 0.726. The van der Waals surface area contributed by atoms with Gasteiger partial charge in [-0.05, 0) is 53.1 Å². The summed E-state index contributed by atoms with van der Waals surface area (Å²) in [5.41, 5.74) is 1.14. The summed E-state index contributed by atoms with van der Waals surface area (Å²) in [4.78, 5) is 29.2. The Morgan fingerprint density at radius 1 is 1.34 bits per heavy atom. The molecule has 2 aliphatic rings. The fourth-order valence-corrected chi connectivity index (χ4v) is 4.10. The minimum absolute atomic E-state index is 0.0207. The highest BCUT2D eigenvalue weighted by Crippen LogP contribution is 2.41. The van der Waals surface area contributed by atoms with Gasteiger partial charge in [-0.15, -0.1) is 0 Å². The van der Waals surface area contributed by atoms with Crippen molar-refractivity contribution < 1.29 is 14.3 Å². The molecule has 1 aliphatic heterocycles. The number of likely N-dealkylation sites (N-methyl/N-ethyl adjacent to an activating group) is 1. The molecule has 1 atom stereocenters. The number of carbonyl (C=O) groups is 2. The number of aromatic nitrogens is 2. The van der Waals surface area contributed by atoms with Gasteiger partial charge >= 0.3 is 6.09 Å². The SMILES string of the molecule is CC(C)CC(CN(C)C)OC(=O)N1Cc2c(NC(=O)C3CCC3)n[nH]c2C1(C)C. The number of carbonyl (C=O) groups excluding carboxylic acids is 2. The Kier molecular flexibility index (Phi) is 6.22. The van der Waals surface area contributed by atoms with Crippen LogP contribution in [-0.2, 0) is 21.6 Å². The van der Waals surface area contributed by atoms with E-state index in [2.05, 4.69) is 29.4 Å². The van der Waals surface area contributed by atoms with Crippen molar-refractivity contribution in [3.8, 4) is 0 Å². The Hall–Kier alpha value is -2.09. The number of aromatic amines is 1. The zero-order chi connectivity index (χ0) is 21.3. The first-order chi connectivity index (χ1) is 13.6. The average molecular weight is 406 g/mol. The maximum absolute atomic E-state index is 13.1. The molecule has 1 unspecified atom stereocenters. The second-order valence-corrected chi connectivity index (χ2v) is 9.59. The third-order valence-corrected chi connectivity index (χ3v) is 5.98. The van der Waals surface area contributed by atoms with Gasteiger partial charge in [0.15, 0.2) is 5.82 Å². The van der Waals surface area contributed by atoms with Gasteiger partial charge in [-0.1, -0.05) is 20.3 Å². The number of anilines is 1. The van der Waals surface area contributed by atoms with E-state index >= 15 is 0 Å². The van der Waals surface area contributed by atoms with E-state index in [0.29, 0.717) is 24.8 Å². The normalized spacial score (nSPS) is 19.2. The largest absolute Gasteiger partial charge is 0.445 e. The van der Waals surface area contributed by atoms with Crippen LogP contribution in [-0.4, -0.2) is 58.7 Å². The van der Waals surface area contributed by atoms with E-state index in [0.717, 1.165) is 36.9 Å². The van der Waals surface area contributed by atoms with Crippen molar-refractivity contribution in [3.05, 3.63) is 11.3 Å². The highest BCUT2D eigenvalue weighted by atomic mass is 16.6. The lowest BCUT2D eigenvalue weighted by Crippen LogP contribution is -2.44. The minimum Gasteiger partial charge on any atom is -0.445 e. The van der Waals surface area contributed by atoms with Gasteiger partial charge in [0.25, 0.3) is 0 Å². The lowest BCUT2D eigenvalue weighted by molar-refractivity contribution is -0.122. The van der Waals surface area contributed by atoms with Gasteiger partial charge in [0.1, 0.15) is 6.10 Å². The molecule has 1 fully saturated rings. The minimum atomic E-state index is -0.584. The van der Waals surface area contributed by atoms with Gasteiger partial charge in [-0.2, -0.15) is 5.10 Å². The molecule has 1 aliphatic carbocycles. The van der Waals surface area contributed by atoms with Gasteiger partial charge in [0.05, 0.1) is 17.8 Å². The number of fused-ring (bicyclic) bond motifs is 1. The van der Waals surface area contributed by atoms with Crippen molar-refractivity contribution in [1.29, 1.82) is 0 Å². The summed E-state index contributed by atoms with van der Waals surface area (Å²) < 4.78 is 5.90. The van der Waals surface area contributed by atoms with E-state index in [1.54, 1.807) is 4.90 Å². The topological polar surface area (TPSA) is 90.6 Å². The van der Waals surface area contributed by atoms with Crippen LogP contribution in [0.4, 0.5) is 10.6 Å². The zero-order valence-corrected chi connectivity index (χ0v) is 18.5. The van der Waals surface area contributed by atoms with E-state index in [-0.39, 0.29) is 24.0 Å². The molecule has 8 nitrogen and oxygen atoms in total. The first kappa shape index (κ1) is 21.6. The second-order valence-electron chi connectivity index (χ2n) is 9.59. The van der Waals surface area contributed by atoms with E-state index < -0.39 is 5.54 Å². The predicted octanol–water partition coefficient (Wildman–Crippen LogP) is 3.31. The maximum atomic E-state index is 13.1. The van der Waals surface area contributed by atoms with Crippen molar-refractivity contribution in [3.63, 3.8) is 0 Å². The standard InChI is InChI=1S/C21H35N5O3/c1-13(2)10-15(11-25(5)6)29-20(28)26-12-16-17(21(26,3)4)23-24-18(16)22-19(27)14-8-7-9-14/h13-15H,7-12H2,1-6H3,(H2,22,23,24,27). The van der Waals surface area contributed by atoms with Crippen LogP contribution in [0.5, 0.6) is 0 Å². The Balaban J connectivity index is 1.71. The molecule has 2 heterocycles. The number of H-pyrrole nitrogens is 1. The van der Waals surface area contributed by atoms with Crippen LogP contribution >= 0.6 is 0 Å². The van der Waals surface area contributed by atoms with Gasteiger partial charge in [0, 0.05) is 18.0 Å². The van der Waals surface area contributed by atoms with Crippen LogP contribution in [0.15, 0.2) is 0 Å². The third kappa shape index (κ3) is 4.57. The predicted molar refractivity (Wildman–Crippen MR) is 111 cm³/mol. The molecule has 2 N–H and O–H groups in total. The number of nitrogens with one attached hydrogen (secondary N) is 2. The van der Waals surface area contributed by atoms with E-state index in [4.69, 9.17) is 4.74 Å². The zero-order valence-electron chi connectivity index (χ0n) is 18.5. The van der Waals surface area contributed by atoms with Crippen molar-refractivity contribution in [2.45, 2.75) is 71.6 Å². The van der Waals surface area contributed by atoms with Crippen LogP contribution in [0.1, 0.15) is 64.6 Å². The van der Waals surface area contributed by atoms with Crippen LogP contribution in [0.25, 0.3) is 0 Å². The average Bonchev–Trinajstić information content (AvgIpc) is 3.03. The van der Waals surface area contributed by atoms with Crippen molar-refractivity contribution in [2.75, 3.05) is 26.0 Å². The van der Waals surface area contributed by atoms with E-state index in [1.807, 2.05) is 32.8 Å². The summed E-state index contributed by atoms with van der Waals surface area (Å²) in [6, 6.07) is 0. The molecule has 1 aromatic heterocycles. The second kappa shape index (κ2) is 8.34. The number of nitrogens with zero attached hydrogens (tertiary/aromatic N) is 3. The number of hydrogen-bond acceptors (Lipinski definition) is 5. The number of hydrogen-bond donors (Lipinski definition) is 2. The summed E-state index contributed by atoms with van der Waals surface area (Å²) in [6.07, 6.45) is 3.30. The summed E-state index contributed by atoms with van der Waals surface area (Å²) in [7, 11) is 3.96. The summed E-state index contributed by atoms with van der Waals surface area (Å²) in [6.45, 7) is 9.26. The number of rotatable bonds is 7. The molecule has 0 spiro atoms. The molecule has 1 saturated carbocycles. The summed E-state index contributed by atoms with van der Waals surface area (Å²) in [5.74, 6) is 1.07. The molecule has 3 rings (SSSR count). The summed E-state index contributed by atoms with van der Waals surface area (Å²) in [5, 5.41) is 10.3. The van der Waals surface area contributed by atoms with Gasteiger partial charge in [-0.3, -0.25) is 14.8 Å².